The summed E-state index contributed by atoms with van der Waals surface area (Å²) in [6.07, 6.45) is 23.4. The zero-order chi connectivity index (χ0) is 56.4. The molecule has 10 heteroatoms. The molecule has 0 radical (unpaired) electrons. The zero-order valence-corrected chi connectivity index (χ0v) is 49.9. The Morgan fingerprint density at radius 3 is 1.96 bits per heavy atom. The van der Waals surface area contributed by atoms with E-state index in [9.17, 15) is 4.79 Å². The lowest BCUT2D eigenvalue weighted by Crippen LogP contribution is -2.68. The van der Waals surface area contributed by atoms with Gasteiger partial charge in [0.15, 0.2) is 0 Å². The SMILES string of the molecule is C#CCC.C/C=C\C=C(/C)CN=C(C)C(C)CC.C=C(C)C(C)CC.CC.CCC(=O)OCC(C)(C)C.CCCCCC.COc1ncc(C2CC2c2ccccc2)cc1N1CCOC2(COC2)C1C.O=CO. The second-order valence-electron chi connectivity index (χ2n) is 19.8. The molecule has 73 heavy (non-hydrogen) atoms. The number of unbranched alkanes of at least 4 members (excludes halogenated alkanes) is 3. The van der Waals surface area contributed by atoms with Crippen molar-refractivity contribution in [3.8, 4) is 18.2 Å². The Labute approximate surface area is 448 Å². The van der Waals surface area contributed by atoms with Gasteiger partial charge in [0.05, 0.1) is 46.1 Å². The number of anilines is 1. The van der Waals surface area contributed by atoms with Gasteiger partial charge in [-0.2, -0.15) is 0 Å². The van der Waals surface area contributed by atoms with Gasteiger partial charge in [0.2, 0.25) is 5.88 Å². The van der Waals surface area contributed by atoms with Gasteiger partial charge in [0, 0.05) is 31.3 Å². The predicted molar refractivity (Wildman–Crippen MR) is 314 cm³/mol. The van der Waals surface area contributed by atoms with Crippen molar-refractivity contribution in [3.05, 3.63) is 89.7 Å². The molecule has 10 nitrogen and oxygen atoms in total. The maximum absolute atomic E-state index is 10.6. The fraction of sp³-hybridized carbons (Fsp3) is 0.651. The normalized spacial score (nSPS) is 17.8. The number of rotatable bonds is 16. The number of pyridine rings is 1. The van der Waals surface area contributed by atoms with Crippen LogP contribution in [-0.2, 0) is 23.8 Å². The highest BCUT2D eigenvalue weighted by Gasteiger charge is 2.50. The Kier molecular flexibility index (Phi) is 43.4. The van der Waals surface area contributed by atoms with E-state index in [4.69, 9.17) is 35.3 Å². The number of nitrogens with zero attached hydrogens (tertiary/aromatic N) is 3. The number of carboxylic acid groups (broad SMARTS) is 1. The largest absolute Gasteiger partial charge is 0.483 e. The second-order valence-corrected chi connectivity index (χ2v) is 19.8. The number of hydrogen-bond acceptors (Lipinski definition) is 9. The van der Waals surface area contributed by atoms with Crippen LogP contribution in [0.4, 0.5) is 5.69 Å². The first-order valence-electron chi connectivity index (χ1n) is 27.4. The van der Waals surface area contributed by atoms with Gasteiger partial charge in [-0.15, -0.1) is 12.3 Å². The molecule has 3 fully saturated rings. The smallest absolute Gasteiger partial charge is 0.305 e. The molecular weight excluding hydrogens is 911 g/mol. The van der Waals surface area contributed by atoms with Gasteiger partial charge >= 0.3 is 5.97 Å². The molecule has 0 bridgehead atoms. The van der Waals surface area contributed by atoms with E-state index in [-0.39, 0.29) is 29.5 Å². The van der Waals surface area contributed by atoms with Crippen molar-refractivity contribution in [1.82, 2.24) is 4.98 Å². The molecule has 0 amide bonds. The summed E-state index contributed by atoms with van der Waals surface area (Å²) >= 11 is 0. The van der Waals surface area contributed by atoms with Gasteiger partial charge in [-0.05, 0) is 100 Å². The first-order valence-corrected chi connectivity index (χ1v) is 27.4. The zero-order valence-electron chi connectivity index (χ0n) is 49.9. The fourth-order valence-electron chi connectivity index (χ4n) is 6.82. The number of aliphatic imine (C=N–C) groups is 1. The third-order valence-electron chi connectivity index (χ3n) is 12.5. The minimum absolute atomic E-state index is 0.0881. The monoisotopic (exact) mass is 1020 g/mol. The molecule has 3 heterocycles. The van der Waals surface area contributed by atoms with Crippen LogP contribution in [0.1, 0.15) is 205 Å². The summed E-state index contributed by atoms with van der Waals surface area (Å²) in [4.78, 5) is 30.6. The molecule has 5 rings (SSSR count). The number of benzene rings is 1. The number of methoxy groups -OCH3 is 1. The van der Waals surface area contributed by atoms with Gasteiger partial charge in [0.25, 0.3) is 6.47 Å². The lowest BCUT2D eigenvalue weighted by atomic mass is 9.90. The van der Waals surface area contributed by atoms with Crippen LogP contribution >= 0.6 is 0 Å². The summed E-state index contributed by atoms with van der Waals surface area (Å²) in [6, 6.07) is 13.3. The third-order valence-corrected chi connectivity index (χ3v) is 12.5. The van der Waals surface area contributed by atoms with E-state index in [1.165, 1.54) is 72.9 Å². The van der Waals surface area contributed by atoms with Gasteiger partial charge < -0.3 is 29.0 Å². The van der Waals surface area contributed by atoms with Crippen molar-refractivity contribution in [1.29, 1.82) is 0 Å². The van der Waals surface area contributed by atoms with Crippen LogP contribution in [0.25, 0.3) is 0 Å². The summed E-state index contributed by atoms with van der Waals surface area (Å²) in [5.41, 5.74) is 7.57. The van der Waals surface area contributed by atoms with Crippen molar-refractivity contribution >= 4 is 23.8 Å². The van der Waals surface area contributed by atoms with Crippen LogP contribution in [0.3, 0.4) is 0 Å². The molecule has 416 valence electrons. The topological polar surface area (TPSA) is 120 Å². The van der Waals surface area contributed by atoms with Crippen LogP contribution in [0.5, 0.6) is 5.88 Å². The molecule has 2 saturated heterocycles. The summed E-state index contributed by atoms with van der Waals surface area (Å²) in [5.74, 6) is 5.48. The van der Waals surface area contributed by atoms with Crippen LogP contribution in [0, 0.1) is 29.6 Å². The number of morpholine rings is 1. The summed E-state index contributed by atoms with van der Waals surface area (Å²) in [6.45, 7) is 45.5. The van der Waals surface area contributed by atoms with Crippen molar-refractivity contribution in [2.45, 2.75) is 206 Å². The summed E-state index contributed by atoms with van der Waals surface area (Å²) < 4.78 is 22.1. The number of terminal acetylenes is 1. The molecule has 1 spiro atoms. The molecule has 2 aromatic rings. The van der Waals surface area contributed by atoms with E-state index < -0.39 is 0 Å². The van der Waals surface area contributed by atoms with Gasteiger partial charge in [-0.3, -0.25) is 14.6 Å². The highest BCUT2D eigenvalue weighted by molar-refractivity contribution is 5.84. The highest BCUT2D eigenvalue weighted by atomic mass is 16.6. The van der Waals surface area contributed by atoms with E-state index in [0.29, 0.717) is 62.4 Å². The first-order chi connectivity index (χ1) is 34.7. The molecule has 2 aliphatic heterocycles. The Balaban J connectivity index is -0.000000902. The molecule has 3 aliphatic rings. The number of esters is 1. The number of aromatic nitrogens is 1. The highest BCUT2D eigenvalue weighted by Crippen LogP contribution is 2.55. The van der Waals surface area contributed by atoms with E-state index in [2.05, 4.69) is 145 Å². The van der Waals surface area contributed by atoms with Gasteiger partial charge in [0.1, 0.15) is 11.3 Å². The van der Waals surface area contributed by atoms with Crippen LogP contribution in [-0.4, -0.2) is 86.5 Å². The van der Waals surface area contributed by atoms with E-state index >= 15 is 0 Å². The average Bonchev–Trinajstić information content (AvgIpc) is 4.20. The first kappa shape index (κ1) is 72.5. The van der Waals surface area contributed by atoms with Gasteiger partial charge in [-0.1, -0.05) is 182 Å². The summed E-state index contributed by atoms with van der Waals surface area (Å²) in [5, 5.41) is 6.89. The van der Waals surface area contributed by atoms with E-state index in [1.54, 1.807) is 14.0 Å². The standard InChI is InChI=1S/C22H26N2O3.C13H23N.C8H16O2.C7H14.C6H14.C4H6.C2H6.CH2O2/c1-15-22(13-26-14-22)27-9-8-24(15)20-10-17(12-23-21(20)25-2)19-11-18(19)16-6-4-3-5-7-16;1-6-8-9-11(3)10-14-13(5)12(4)7-2;1-5-7(9)10-6-8(2,3)4;1-5-7(4)6(2)3;1-3-5-6-4-2;1-3-4-2;1-2;2-1-3/h3-7,10,12,15,18-19H,8-9,11,13-14H2,1-2H3;6,8-9,12H,7,10H2,1-5H3;5-6H2,1-4H3;7H,2,5H2,1,3-4H3;3-6H2,1-2H3;1H,4H2,2H3;1-2H3;1H,(H,2,3)/b;8-6-,11-9+,14-13?;;;;;;. The lowest BCUT2D eigenvalue weighted by molar-refractivity contribution is -0.228. The molecule has 1 aromatic carbocycles. The predicted octanol–water partition coefficient (Wildman–Crippen LogP) is 16.3. The Morgan fingerprint density at radius 1 is 1.00 bits per heavy atom. The van der Waals surface area contributed by atoms with Crippen LogP contribution < -0.4 is 9.64 Å². The third kappa shape index (κ3) is 32.3. The van der Waals surface area contributed by atoms with Crippen molar-refractivity contribution in [2.75, 3.05) is 51.5 Å². The van der Waals surface area contributed by atoms with Crippen molar-refractivity contribution in [3.63, 3.8) is 0 Å². The van der Waals surface area contributed by atoms with Crippen molar-refractivity contribution < 1.29 is 33.6 Å². The second kappa shape index (κ2) is 43.7. The molecule has 1 aromatic heterocycles. The Hall–Kier alpha value is -4.72. The Bertz CT molecular complexity index is 1850. The maximum atomic E-state index is 10.6. The number of allylic oxidation sites excluding steroid dienone is 4. The average molecular weight is 1020 g/mol. The Morgan fingerprint density at radius 2 is 1.55 bits per heavy atom. The fourth-order valence-corrected chi connectivity index (χ4v) is 6.82. The molecule has 5 atom stereocenters. The molecule has 1 N–H and O–H groups in total. The van der Waals surface area contributed by atoms with Crippen LogP contribution in [0.15, 0.2) is 83.5 Å². The molecule has 1 aliphatic carbocycles. The lowest BCUT2D eigenvalue weighted by Gasteiger charge is -2.53. The minimum Gasteiger partial charge on any atom is -0.483 e. The number of ether oxygens (including phenoxy) is 4. The quantitative estimate of drug-likeness (QED) is 0.0333. The molecular formula is C63H107N3O7. The number of carbonyl (C=O) groups excluding carboxylic acids is 1. The number of hydrogen-bond donors (Lipinski definition) is 1. The maximum Gasteiger partial charge on any atom is 0.305 e. The van der Waals surface area contributed by atoms with E-state index in [0.717, 1.165) is 25.2 Å². The number of carbonyl (C=O) groups is 2. The molecule has 5 unspecified atom stereocenters. The van der Waals surface area contributed by atoms with Crippen LogP contribution in [0.2, 0.25) is 0 Å². The summed E-state index contributed by atoms with van der Waals surface area (Å²) in [7, 11) is 1.70. The van der Waals surface area contributed by atoms with Gasteiger partial charge in [-0.25, -0.2) is 4.98 Å². The molecule has 1 saturated carbocycles. The van der Waals surface area contributed by atoms with E-state index in [1.807, 2.05) is 60.7 Å². The minimum atomic E-state index is -0.250. The van der Waals surface area contributed by atoms with Crippen molar-refractivity contribution in [2.24, 2.45) is 22.2 Å².